The zero-order valence-electron chi connectivity index (χ0n) is 22.3. The largest absolute Gasteiger partial charge is 0.299 e. The fourth-order valence-electron chi connectivity index (χ4n) is 5.66. The standard InChI is InChI=1S/C12H24.C9H18.C7H14O/c1-10(2)12(11(3)4)8-6-5-7-9-12;1-7(2)9(5-6-9)8(3)4;1-5(2)7(8)6(3)4/h10-11H,5-9H2,1-4H3;7-8H,5-6H2,1-4H3;5-6H,1-4H3. The zero-order valence-corrected chi connectivity index (χ0v) is 22.3. The van der Waals surface area contributed by atoms with Gasteiger partial charge in [-0.3, -0.25) is 4.79 Å². The van der Waals surface area contributed by atoms with E-state index in [9.17, 15) is 4.79 Å². The second-order valence-electron chi connectivity index (χ2n) is 11.9. The lowest BCUT2D eigenvalue weighted by molar-refractivity contribution is -0.124. The second kappa shape index (κ2) is 12.5. The van der Waals surface area contributed by atoms with Crippen molar-refractivity contribution in [1.82, 2.24) is 0 Å². The first kappa shape index (κ1) is 28.7. The number of rotatable bonds is 6. The van der Waals surface area contributed by atoms with Crippen molar-refractivity contribution < 1.29 is 4.79 Å². The molecule has 0 atom stereocenters. The van der Waals surface area contributed by atoms with Gasteiger partial charge >= 0.3 is 0 Å². The number of carbonyl (C=O) groups excluding carboxylic acids is 1. The molecule has 0 N–H and O–H groups in total. The van der Waals surface area contributed by atoms with Crippen LogP contribution < -0.4 is 0 Å². The van der Waals surface area contributed by atoms with Crippen molar-refractivity contribution in [3.05, 3.63) is 0 Å². The van der Waals surface area contributed by atoms with E-state index in [-0.39, 0.29) is 11.8 Å². The summed E-state index contributed by atoms with van der Waals surface area (Å²) < 4.78 is 0. The quantitative estimate of drug-likeness (QED) is 0.428. The highest BCUT2D eigenvalue weighted by molar-refractivity contribution is 5.81. The molecule has 0 aromatic carbocycles. The molecule has 0 heterocycles. The molecule has 2 rings (SSSR count). The van der Waals surface area contributed by atoms with Crippen LogP contribution >= 0.6 is 0 Å². The molecular weight excluding hydrogens is 352 g/mol. The minimum Gasteiger partial charge on any atom is -0.299 e. The Morgan fingerprint density at radius 3 is 0.862 bits per heavy atom. The zero-order chi connectivity index (χ0) is 23.0. The molecule has 0 aromatic rings. The summed E-state index contributed by atoms with van der Waals surface area (Å²) in [7, 11) is 0. The van der Waals surface area contributed by atoms with Crippen LogP contribution in [-0.4, -0.2) is 5.78 Å². The molecule has 2 saturated carbocycles. The van der Waals surface area contributed by atoms with Crippen molar-refractivity contribution in [2.24, 2.45) is 46.3 Å². The molecule has 2 fully saturated rings. The van der Waals surface area contributed by atoms with Gasteiger partial charge in [-0.1, -0.05) is 102 Å². The summed E-state index contributed by atoms with van der Waals surface area (Å²) in [6.45, 7) is 26.8. The Morgan fingerprint density at radius 1 is 0.483 bits per heavy atom. The van der Waals surface area contributed by atoms with Crippen LogP contribution in [0.5, 0.6) is 0 Å². The van der Waals surface area contributed by atoms with Crippen LogP contribution in [0.4, 0.5) is 0 Å². The van der Waals surface area contributed by atoms with Crippen LogP contribution in [0, 0.1) is 46.3 Å². The van der Waals surface area contributed by atoms with E-state index in [0.717, 1.165) is 29.1 Å². The predicted molar refractivity (Wildman–Crippen MR) is 131 cm³/mol. The van der Waals surface area contributed by atoms with Crippen LogP contribution in [0.2, 0.25) is 0 Å². The fourth-order valence-corrected chi connectivity index (χ4v) is 5.66. The van der Waals surface area contributed by atoms with Crippen LogP contribution in [0.25, 0.3) is 0 Å². The topological polar surface area (TPSA) is 17.1 Å². The van der Waals surface area contributed by atoms with E-state index in [2.05, 4.69) is 55.4 Å². The maximum atomic E-state index is 10.8. The Labute approximate surface area is 185 Å². The molecule has 0 aliphatic heterocycles. The van der Waals surface area contributed by atoms with Crippen LogP contribution in [0.15, 0.2) is 0 Å². The molecule has 29 heavy (non-hydrogen) atoms. The Hall–Kier alpha value is -0.330. The van der Waals surface area contributed by atoms with Gasteiger partial charge in [0.1, 0.15) is 5.78 Å². The maximum Gasteiger partial charge on any atom is 0.137 e. The molecule has 0 amide bonds. The number of Topliss-reactive ketones (excluding diaryl/α,β-unsaturated/α-hetero) is 1. The SMILES string of the molecule is CC(C)C(=O)C(C)C.CC(C)C1(C(C)C)CC1.CC(C)C1(C(C)C)CCCCC1. The summed E-state index contributed by atoms with van der Waals surface area (Å²) >= 11 is 0. The average molecular weight is 409 g/mol. The third kappa shape index (κ3) is 8.37. The normalized spacial score (nSPS) is 19.9. The lowest BCUT2D eigenvalue weighted by Gasteiger charge is -2.44. The molecule has 0 unspecified atom stereocenters. The van der Waals surface area contributed by atoms with Crippen molar-refractivity contribution in [1.29, 1.82) is 0 Å². The lowest BCUT2D eigenvalue weighted by Crippen LogP contribution is -2.35. The molecule has 0 aromatic heterocycles. The van der Waals surface area contributed by atoms with Gasteiger partial charge in [0.2, 0.25) is 0 Å². The van der Waals surface area contributed by atoms with Gasteiger partial charge < -0.3 is 0 Å². The first-order chi connectivity index (χ1) is 13.2. The molecule has 0 radical (unpaired) electrons. The monoisotopic (exact) mass is 408 g/mol. The number of hydrogen-bond acceptors (Lipinski definition) is 1. The molecule has 2 aliphatic carbocycles. The first-order valence-electron chi connectivity index (χ1n) is 12.8. The highest BCUT2D eigenvalue weighted by Gasteiger charge is 2.47. The van der Waals surface area contributed by atoms with Gasteiger partial charge in [0.05, 0.1) is 0 Å². The molecule has 0 saturated heterocycles. The summed E-state index contributed by atoms with van der Waals surface area (Å²) in [5.41, 5.74) is 1.43. The maximum absolute atomic E-state index is 10.8. The summed E-state index contributed by atoms with van der Waals surface area (Å²) in [6.07, 6.45) is 10.3. The van der Waals surface area contributed by atoms with Gasteiger partial charge in [-0.05, 0) is 60.2 Å². The minimum atomic E-state index is 0.204. The van der Waals surface area contributed by atoms with Crippen molar-refractivity contribution in [3.63, 3.8) is 0 Å². The highest BCUT2D eigenvalue weighted by Crippen LogP contribution is 2.57. The Balaban J connectivity index is 0.000000417. The van der Waals surface area contributed by atoms with Crippen molar-refractivity contribution in [3.8, 4) is 0 Å². The average Bonchev–Trinajstić information content (AvgIpc) is 3.44. The Kier molecular flexibility index (Phi) is 12.4. The van der Waals surface area contributed by atoms with Gasteiger partial charge in [-0.15, -0.1) is 0 Å². The second-order valence-corrected chi connectivity index (χ2v) is 11.9. The van der Waals surface area contributed by atoms with E-state index in [1.165, 1.54) is 44.9 Å². The molecule has 1 nitrogen and oxygen atoms in total. The third-order valence-corrected chi connectivity index (χ3v) is 8.35. The fraction of sp³-hybridized carbons (Fsp3) is 0.964. The predicted octanol–water partition coefficient (Wildman–Crippen LogP) is 9.20. The molecule has 1 heteroatoms. The van der Waals surface area contributed by atoms with Gasteiger partial charge in [0.25, 0.3) is 0 Å². The van der Waals surface area contributed by atoms with E-state index in [1.54, 1.807) is 0 Å². The molecule has 2 aliphatic rings. The Bertz CT molecular complexity index is 413. The lowest BCUT2D eigenvalue weighted by atomic mass is 9.61. The first-order valence-corrected chi connectivity index (χ1v) is 12.8. The van der Waals surface area contributed by atoms with E-state index in [1.807, 2.05) is 27.7 Å². The number of hydrogen-bond donors (Lipinski definition) is 0. The summed E-state index contributed by atoms with van der Waals surface area (Å²) in [5.74, 6) is 4.31. The summed E-state index contributed by atoms with van der Waals surface area (Å²) in [6, 6.07) is 0. The van der Waals surface area contributed by atoms with Crippen LogP contribution in [-0.2, 0) is 4.79 Å². The Morgan fingerprint density at radius 2 is 0.759 bits per heavy atom. The van der Waals surface area contributed by atoms with Crippen molar-refractivity contribution in [2.75, 3.05) is 0 Å². The number of carbonyl (C=O) groups is 1. The molecule has 174 valence electrons. The summed E-state index contributed by atoms with van der Waals surface area (Å²) in [4.78, 5) is 10.8. The molecular formula is C28H56O. The van der Waals surface area contributed by atoms with E-state index in [0.29, 0.717) is 11.2 Å². The molecule has 0 spiro atoms. The smallest absolute Gasteiger partial charge is 0.137 e. The van der Waals surface area contributed by atoms with Gasteiger partial charge in [0.15, 0.2) is 0 Å². The minimum absolute atomic E-state index is 0.204. The highest BCUT2D eigenvalue weighted by atomic mass is 16.1. The van der Waals surface area contributed by atoms with Crippen molar-refractivity contribution >= 4 is 5.78 Å². The van der Waals surface area contributed by atoms with Crippen LogP contribution in [0.1, 0.15) is 128 Å². The van der Waals surface area contributed by atoms with E-state index < -0.39 is 0 Å². The molecule has 0 bridgehead atoms. The summed E-state index contributed by atoms with van der Waals surface area (Å²) in [5, 5.41) is 0. The van der Waals surface area contributed by atoms with Crippen molar-refractivity contribution in [2.45, 2.75) is 128 Å². The number of ketones is 1. The van der Waals surface area contributed by atoms with Gasteiger partial charge in [-0.2, -0.15) is 0 Å². The van der Waals surface area contributed by atoms with E-state index in [4.69, 9.17) is 0 Å². The van der Waals surface area contributed by atoms with Crippen LogP contribution in [0.3, 0.4) is 0 Å². The van der Waals surface area contributed by atoms with E-state index >= 15 is 0 Å². The van der Waals surface area contributed by atoms with Gasteiger partial charge in [0, 0.05) is 11.8 Å². The van der Waals surface area contributed by atoms with Gasteiger partial charge in [-0.25, -0.2) is 0 Å². The third-order valence-electron chi connectivity index (χ3n) is 8.35.